The Morgan fingerprint density at radius 3 is 2.75 bits per heavy atom. The van der Waals surface area contributed by atoms with Gasteiger partial charge in [0.2, 0.25) is 0 Å². The number of methoxy groups -OCH3 is 1. The zero-order valence-corrected chi connectivity index (χ0v) is 21.5. The van der Waals surface area contributed by atoms with Crippen LogP contribution in [0.4, 0.5) is 4.79 Å². The number of pyridine rings is 1. The number of amides is 1. The molecule has 0 saturated carbocycles. The van der Waals surface area contributed by atoms with E-state index in [4.69, 9.17) is 19.9 Å². The molecule has 2 aromatic rings. The van der Waals surface area contributed by atoms with Crippen molar-refractivity contribution in [2.45, 2.75) is 43.7 Å². The number of benzene rings is 1. The van der Waals surface area contributed by atoms with Crippen LogP contribution >= 0.6 is 11.8 Å². The molecule has 2 heterocycles. The molecule has 1 aromatic carbocycles. The van der Waals surface area contributed by atoms with Gasteiger partial charge < -0.3 is 24.8 Å². The quantitative estimate of drug-likeness (QED) is 0.335. The Kier molecular flexibility index (Phi) is 10.1. The monoisotopic (exact) mass is 515 g/mol. The van der Waals surface area contributed by atoms with E-state index in [9.17, 15) is 14.4 Å². The molecule has 36 heavy (non-hydrogen) atoms. The summed E-state index contributed by atoms with van der Waals surface area (Å²) in [7, 11) is 1.24. The molecule has 9 nitrogen and oxygen atoms in total. The maximum atomic E-state index is 12.8. The Morgan fingerprint density at radius 2 is 2.03 bits per heavy atom. The number of carbonyl (C=O) groups is 3. The number of aromatic nitrogens is 1. The number of Topliss-reactive ketones (excluding diaryl/α,β-unsaturated/α-hetero) is 1. The molecule has 0 spiro atoms. The lowest BCUT2D eigenvalue weighted by Crippen LogP contribution is -2.56. The van der Waals surface area contributed by atoms with Crippen LogP contribution in [0, 0.1) is 0 Å². The van der Waals surface area contributed by atoms with Crippen molar-refractivity contribution in [3.05, 3.63) is 54.4 Å². The van der Waals surface area contributed by atoms with Gasteiger partial charge in [0.15, 0.2) is 17.1 Å². The van der Waals surface area contributed by atoms with Gasteiger partial charge in [0, 0.05) is 19.2 Å². The number of ketones is 1. The lowest BCUT2D eigenvalue weighted by molar-refractivity contribution is -0.151. The van der Waals surface area contributed by atoms with Crippen LogP contribution in [0.1, 0.15) is 31.2 Å². The largest absolute Gasteiger partial charge is 0.491 e. The van der Waals surface area contributed by atoms with Gasteiger partial charge in [-0.3, -0.25) is 9.78 Å². The molecular formula is C26H33N3O6S. The van der Waals surface area contributed by atoms with Crippen molar-refractivity contribution in [1.29, 1.82) is 0 Å². The molecule has 1 fully saturated rings. The van der Waals surface area contributed by atoms with Gasteiger partial charge in [-0.2, -0.15) is 11.8 Å². The van der Waals surface area contributed by atoms with Crippen molar-refractivity contribution in [3.8, 4) is 11.5 Å². The van der Waals surface area contributed by atoms with Crippen molar-refractivity contribution in [1.82, 2.24) is 9.88 Å². The summed E-state index contributed by atoms with van der Waals surface area (Å²) in [4.78, 5) is 43.3. The second kappa shape index (κ2) is 13.3. The topological polar surface area (TPSA) is 121 Å². The van der Waals surface area contributed by atoms with Gasteiger partial charge in [-0.05, 0) is 67.5 Å². The molecule has 0 bridgehead atoms. The first-order valence-corrected chi connectivity index (χ1v) is 13.3. The zero-order chi connectivity index (χ0) is 26.0. The first-order chi connectivity index (χ1) is 17.4. The molecule has 1 aliphatic heterocycles. The Bertz CT molecular complexity index is 1040. The van der Waals surface area contributed by atoms with Gasteiger partial charge in [-0.25, -0.2) is 9.59 Å². The number of thioether (sulfide) groups is 1. The molecule has 10 heteroatoms. The number of rotatable bonds is 12. The fourth-order valence-electron chi connectivity index (χ4n) is 4.08. The molecule has 2 N–H and O–H groups in total. The number of ether oxygens (including phenoxy) is 3. The lowest BCUT2D eigenvalue weighted by Gasteiger charge is -2.25. The van der Waals surface area contributed by atoms with Crippen LogP contribution in [0.15, 0.2) is 48.8 Å². The molecule has 0 radical (unpaired) electrons. The van der Waals surface area contributed by atoms with Crippen molar-refractivity contribution in [2.75, 3.05) is 32.3 Å². The normalized spacial score (nSPS) is 16.8. The minimum Gasteiger partial charge on any atom is -0.491 e. The molecular weight excluding hydrogens is 482 g/mol. The number of aryl methyl sites for hydroxylation is 1. The number of nitrogens with zero attached hydrogens (tertiary/aromatic N) is 2. The average molecular weight is 516 g/mol. The number of likely N-dealkylation sites (tertiary alicyclic amines) is 1. The fraction of sp³-hybridized carbons (Fsp3) is 0.462. The first kappa shape index (κ1) is 27.5. The van der Waals surface area contributed by atoms with E-state index >= 15 is 0 Å². The van der Waals surface area contributed by atoms with Crippen LogP contribution in [-0.2, 0) is 20.7 Å². The second-order valence-corrected chi connectivity index (χ2v) is 9.62. The van der Waals surface area contributed by atoms with E-state index in [0.717, 1.165) is 18.4 Å². The Balaban J connectivity index is 1.55. The second-order valence-electron chi connectivity index (χ2n) is 8.63. The van der Waals surface area contributed by atoms with E-state index in [0.29, 0.717) is 36.8 Å². The van der Waals surface area contributed by atoms with Gasteiger partial charge in [0.25, 0.3) is 0 Å². The fourth-order valence-corrected chi connectivity index (χ4v) is 4.61. The van der Waals surface area contributed by atoms with Crippen molar-refractivity contribution >= 4 is 29.6 Å². The van der Waals surface area contributed by atoms with E-state index in [1.165, 1.54) is 25.1 Å². The highest BCUT2D eigenvalue weighted by Crippen LogP contribution is 2.23. The third-order valence-corrected chi connectivity index (χ3v) is 6.79. The van der Waals surface area contributed by atoms with Crippen molar-refractivity contribution in [3.63, 3.8) is 0 Å². The number of hydrogen-bond donors (Lipinski definition) is 1. The highest BCUT2D eigenvalue weighted by atomic mass is 32.2. The summed E-state index contributed by atoms with van der Waals surface area (Å²) >= 11 is 1.52. The predicted molar refractivity (Wildman–Crippen MR) is 137 cm³/mol. The van der Waals surface area contributed by atoms with Crippen LogP contribution in [0.5, 0.6) is 11.5 Å². The molecule has 1 saturated heterocycles. The molecule has 1 amide bonds. The smallest absolute Gasteiger partial charge is 0.415 e. The maximum Gasteiger partial charge on any atom is 0.415 e. The molecule has 0 aliphatic carbocycles. The maximum absolute atomic E-state index is 12.8. The highest BCUT2D eigenvalue weighted by molar-refractivity contribution is 7.98. The van der Waals surface area contributed by atoms with Crippen LogP contribution in [0.25, 0.3) is 0 Å². The molecule has 1 unspecified atom stereocenters. The van der Waals surface area contributed by atoms with Gasteiger partial charge >= 0.3 is 12.1 Å². The highest BCUT2D eigenvalue weighted by Gasteiger charge is 2.41. The summed E-state index contributed by atoms with van der Waals surface area (Å²) < 4.78 is 16.2. The first-order valence-electron chi connectivity index (χ1n) is 11.9. The SMILES string of the molecule is COC(=O)[C@](N)(CCSC)C(=O)CCc1cccc(OCC2CCCN2C(=O)Oc2cccnc2)c1. The summed E-state index contributed by atoms with van der Waals surface area (Å²) in [6, 6.07) is 10.7. The van der Waals surface area contributed by atoms with Crippen LogP contribution in [0.3, 0.4) is 0 Å². The number of esters is 1. The van der Waals surface area contributed by atoms with E-state index in [-0.39, 0.29) is 24.7 Å². The minimum atomic E-state index is -1.64. The summed E-state index contributed by atoms with van der Waals surface area (Å²) in [5.41, 5.74) is 5.42. The summed E-state index contributed by atoms with van der Waals surface area (Å²) in [6.45, 7) is 0.931. The number of nitrogens with two attached hydrogens (primary N) is 1. The van der Waals surface area contributed by atoms with Gasteiger partial charge in [0.05, 0.1) is 19.3 Å². The van der Waals surface area contributed by atoms with Crippen molar-refractivity contribution in [2.24, 2.45) is 5.73 Å². The molecule has 2 atom stereocenters. The molecule has 1 aliphatic rings. The van der Waals surface area contributed by atoms with Crippen LogP contribution in [0.2, 0.25) is 0 Å². The summed E-state index contributed by atoms with van der Waals surface area (Å²) in [5, 5.41) is 0. The third-order valence-electron chi connectivity index (χ3n) is 6.18. The van der Waals surface area contributed by atoms with E-state index in [1.54, 1.807) is 23.2 Å². The van der Waals surface area contributed by atoms with Gasteiger partial charge in [-0.1, -0.05) is 12.1 Å². The predicted octanol–water partition coefficient (Wildman–Crippen LogP) is 3.25. The van der Waals surface area contributed by atoms with Crippen LogP contribution in [-0.4, -0.2) is 71.6 Å². The third kappa shape index (κ3) is 7.20. The Morgan fingerprint density at radius 1 is 1.22 bits per heavy atom. The molecule has 194 valence electrons. The summed E-state index contributed by atoms with van der Waals surface area (Å²) in [5.74, 6) is 0.569. The van der Waals surface area contributed by atoms with Crippen LogP contribution < -0.4 is 15.2 Å². The molecule has 3 rings (SSSR count). The number of carbonyl (C=O) groups excluding carboxylic acids is 3. The van der Waals surface area contributed by atoms with E-state index < -0.39 is 17.6 Å². The Hall–Kier alpha value is -3.11. The standard InChI is InChI=1S/C26H33N3O6S/c1-33-24(31)26(27,12-15-36-2)23(30)11-10-19-6-3-8-21(16-19)34-18-20-7-5-14-29(20)25(32)35-22-9-4-13-28-17-22/h3-4,6,8-9,13,16-17,20H,5,7,10-12,14-15,18,27H2,1-2H3/t20?,26-/m0/s1. The minimum absolute atomic E-state index is 0.103. The van der Waals surface area contributed by atoms with Gasteiger partial charge in [0.1, 0.15) is 12.4 Å². The Labute approximate surface area is 215 Å². The molecule has 1 aromatic heterocycles. The lowest BCUT2D eigenvalue weighted by atomic mass is 9.88. The van der Waals surface area contributed by atoms with E-state index in [1.807, 2.05) is 30.5 Å². The van der Waals surface area contributed by atoms with E-state index in [2.05, 4.69) is 4.98 Å². The van der Waals surface area contributed by atoms with Crippen molar-refractivity contribution < 1.29 is 28.6 Å². The average Bonchev–Trinajstić information content (AvgIpc) is 3.38. The van der Waals surface area contributed by atoms with Gasteiger partial charge in [-0.15, -0.1) is 0 Å². The summed E-state index contributed by atoms with van der Waals surface area (Å²) in [6.07, 6.45) is 7.03. The zero-order valence-electron chi connectivity index (χ0n) is 20.7. The number of hydrogen-bond acceptors (Lipinski definition) is 9.